The van der Waals surface area contributed by atoms with Crippen LogP contribution in [0.2, 0.25) is 0 Å². The highest BCUT2D eigenvalue weighted by Crippen LogP contribution is 2.17. The van der Waals surface area contributed by atoms with E-state index in [2.05, 4.69) is 5.32 Å². The number of amides is 2. The molecule has 7 heteroatoms. The maximum absolute atomic E-state index is 12.9. The molecule has 2 N–H and O–H groups in total. The first-order valence-electron chi connectivity index (χ1n) is 5.31. The number of anilines is 1. The predicted molar refractivity (Wildman–Crippen MR) is 59.7 cm³/mol. The molecule has 2 amide bonds. The molecule has 0 saturated heterocycles. The second kappa shape index (κ2) is 6.25. The molecule has 0 aliphatic heterocycles. The number of hydrogen-bond acceptors (Lipinski definition) is 2. The number of benzene rings is 1. The average Bonchev–Trinajstić information content (AvgIpc) is 2.32. The van der Waals surface area contributed by atoms with Gasteiger partial charge in [0, 0.05) is 30.9 Å². The predicted octanol–water partition coefficient (Wildman–Crippen LogP) is 1.95. The van der Waals surface area contributed by atoms with Gasteiger partial charge in [-0.25, -0.2) is 18.0 Å². The van der Waals surface area contributed by atoms with Crippen molar-refractivity contribution < 1.29 is 23.1 Å². The van der Waals surface area contributed by atoms with Crippen LogP contribution in [0.25, 0.3) is 0 Å². The molecule has 0 unspecified atom stereocenters. The Balaban J connectivity index is 2.81. The van der Waals surface area contributed by atoms with Gasteiger partial charge >= 0.3 is 6.03 Å². The summed E-state index contributed by atoms with van der Waals surface area (Å²) in [7, 11) is 0. The van der Waals surface area contributed by atoms with Gasteiger partial charge < -0.3 is 15.3 Å². The van der Waals surface area contributed by atoms with Gasteiger partial charge in [0.05, 0.1) is 6.61 Å². The van der Waals surface area contributed by atoms with Gasteiger partial charge in [-0.15, -0.1) is 0 Å². The summed E-state index contributed by atoms with van der Waals surface area (Å²) >= 11 is 0. The van der Waals surface area contributed by atoms with Crippen LogP contribution in [0.1, 0.15) is 6.92 Å². The fourth-order valence-corrected chi connectivity index (χ4v) is 1.35. The van der Waals surface area contributed by atoms with E-state index in [1.54, 1.807) is 6.92 Å². The van der Waals surface area contributed by atoms with Crippen LogP contribution in [0.5, 0.6) is 0 Å². The van der Waals surface area contributed by atoms with Crippen LogP contribution in [0.15, 0.2) is 12.1 Å². The Morgan fingerprint density at radius 3 is 2.33 bits per heavy atom. The first-order valence-corrected chi connectivity index (χ1v) is 5.31. The molecule has 18 heavy (non-hydrogen) atoms. The number of carbonyl (C=O) groups is 1. The monoisotopic (exact) mass is 262 g/mol. The summed E-state index contributed by atoms with van der Waals surface area (Å²) in [5, 5.41) is 10.9. The largest absolute Gasteiger partial charge is 0.395 e. The topological polar surface area (TPSA) is 52.6 Å². The van der Waals surface area contributed by atoms with Crippen molar-refractivity contribution in [2.45, 2.75) is 6.92 Å². The molecule has 0 bridgehead atoms. The number of aliphatic hydroxyl groups excluding tert-OH is 1. The molecule has 0 fully saturated rings. The molecule has 4 nitrogen and oxygen atoms in total. The number of nitrogens with one attached hydrogen (secondary N) is 1. The first kappa shape index (κ1) is 14.3. The van der Waals surface area contributed by atoms with Gasteiger partial charge in [0.15, 0.2) is 17.5 Å². The zero-order valence-corrected chi connectivity index (χ0v) is 9.71. The summed E-state index contributed by atoms with van der Waals surface area (Å²) in [4.78, 5) is 12.8. The molecule has 0 spiro atoms. The lowest BCUT2D eigenvalue weighted by atomic mass is 10.3. The summed E-state index contributed by atoms with van der Waals surface area (Å²) in [6.07, 6.45) is 0. The molecule has 100 valence electrons. The SMILES string of the molecule is CCN(CCO)C(=O)Nc1cc(F)c(F)c(F)c1. The van der Waals surface area contributed by atoms with Crippen molar-refractivity contribution in [2.75, 3.05) is 25.0 Å². The van der Waals surface area contributed by atoms with Crippen LogP contribution in [0.3, 0.4) is 0 Å². The summed E-state index contributed by atoms with van der Waals surface area (Å²) < 4.78 is 38.5. The molecular weight excluding hydrogens is 249 g/mol. The maximum atomic E-state index is 12.9. The molecule has 0 aliphatic rings. The van der Waals surface area contributed by atoms with Gasteiger partial charge in [-0.1, -0.05) is 0 Å². The molecule has 0 atom stereocenters. The van der Waals surface area contributed by atoms with E-state index >= 15 is 0 Å². The maximum Gasteiger partial charge on any atom is 0.321 e. The number of hydrogen-bond donors (Lipinski definition) is 2. The van der Waals surface area contributed by atoms with Crippen molar-refractivity contribution in [3.8, 4) is 0 Å². The van der Waals surface area contributed by atoms with Crippen molar-refractivity contribution in [3.63, 3.8) is 0 Å². The van der Waals surface area contributed by atoms with Crippen molar-refractivity contribution >= 4 is 11.7 Å². The number of aliphatic hydroxyl groups is 1. The van der Waals surface area contributed by atoms with Crippen molar-refractivity contribution in [1.29, 1.82) is 0 Å². The lowest BCUT2D eigenvalue weighted by Crippen LogP contribution is -2.36. The van der Waals surface area contributed by atoms with Crippen molar-refractivity contribution in [3.05, 3.63) is 29.6 Å². The Morgan fingerprint density at radius 2 is 1.89 bits per heavy atom. The number of carbonyl (C=O) groups excluding carboxylic acids is 1. The molecular formula is C11H13F3N2O2. The van der Waals surface area contributed by atoms with E-state index in [1.807, 2.05) is 0 Å². The summed E-state index contributed by atoms with van der Waals surface area (Å²) in [6.45, 7) is 1.86. The Bertz CT molecular complexity index is 417. The zero-order valence-electron chi connectivity index (χ0n) is 9.71. The molecule has 1 rings (SSSR count). The number of rotatable bonds is 4. The highest BCUT2D eigenvalue weighted by Gasteiger charge is 2.14. The van der Waals surface area contributed by atoms with Crippen LogP contribution in [-0.4, -0.2) is 35.7 Å². The van der Waals surface area contributed by atoms with Crippen LogP contribution >= 0.6 is 0 Å². The minimum Gasteiger partial charge on any atom is -0.395 e. The van der Waals surface area contributed by atoms with Crippen LogP contribution in [-0.2, 0) is 0 Å². The summed E-state index contributed by atoms with van der Waals surface area (Å²) in [5.41, 5.74) is -0.187. The van der Waals surface area contributed by atoms with Gasteiger partial charge in [-0.3, -0.25) is 0 Å². The Hall–Kier alpha value is -1.76. The van der Waals surface area contributed by atoms with Crippen molar-refractivity contribution in [2.24, 2.45) is 0 Å². The molecule has 0 aliphatic carbocycles. The number of likely N-dealkylation sites (N-methyl/N-ethyl adjacent to an activating group) is 1. The van der Waals surface area contributed by atoms with Gasteiger partial charge in [0.2, 0.25) is 0 Å². The van der Waals surface area contributed by atoms with E-state index in [-0.39, 0.29) is 18.8 Å². The number of halogens is 3. The van der Waals surface area contributed by atoms with E-state index < -0.39 is 23.5 Å². The quantitative estimate of drug-likeness (QED) is 0.815. The first-order chi connectivity index (χ1) is 8.49. The highest BCUT2D eigenvalue weighted by molar-refractivity contribution is 5.89. The van der Waals surface area contributed by atoms with Crippen LogP contribution in [0, 0.1) is 17.5 Å². The van der Waals surface area contributed by atoms with E-state index in [9.17, 15) is 18.0 Å². The standard InChI is InChI=1S/C11H13F3N2O2/c1-2-16(3-4-17)11(18)15-7-5-8(12)10(14)9(13)6-7/h5-6,17H,2-4H2,1H3,(H,15,18). The average molecular weight is 262 g/mol. The Kier molecular flexibility index (Phi) is 4.96. The summed E-state index contributed by atoms with van der Waals surface area (Å²) in [5.74, 6) is -4.35. The highest BCUT2D eigenvalue weighted by atomic mass is 19.2. The van der Waals surface area contributed by atoms with E-state index in [1.165, 1.54) is 4.90 Å². The normalized spacial score (nSPS) is 10.3. The molecule has 0 heterocycles. The van der Waals surface area contributed by atoms with Gasteiger partial charge in [0.1, 0.15) is 0 Å². The van der Waals surface area contributed by atoms with Gasteiger partial charge in [0.25, 0.3) is 0 Å². The second-order valence-corrected chi connectivity index (χ2v) is 3.49. The minimum atomic E-state index is -1.59. The van der Waals surface area contributed by atoms with E-state index in [0.717, 1.165) is 0 Å². The Morgan fingerprint density at radius 1 is 1.33 bits per heavy atom. The number of nitrogens with zero attached hydrogens (tertiary/aromatic N) is 1. The lowest BCUT2D eigenvalue weighted by molar-refractivity contribution is 0.192. The van der Waals surface area contributed by atoms with Gasteiger partial charge in [-0.05, 0) is 6.92 Å². The molecule has 1 aromatic carbocycles. The fourth-order valence-electron chi connectivity index (χ4n) is 1.35. The summed E-state index contributed by atoms with van der Waals surface area (Å²) in [6, 6.07) is 0.739. The molecule has 0 saturated carbocycles. The second-order valence-electron chi connectivity index (χ2n) is 3.49. The smallest absolute Gasteiger partial charge is 0.321 e. The van der Waals surface area contributed by atoms with Crippen molar-refractivity contribution in [1.82, 2.24) is 4.90 Å². The van der Waals surface area contributed by atoms with E-state index in [0.29, 0.717) is 18.7 Å². The molecule has 0 aromatic heterocycles. The molecule has 0 radical (unpaired) electrons. The fraction of sp³-hybridized carbons (Fsp3) is 0.364. The molecule has 1 aromatic rings. The third-order valence-electron chi connectivity index (χ3n) is 2.27. The number of urea groups is 1. The Labute approximate surface area is 102 Å². The third kappa shape index (κ3) is 3.36. The van der Waals surface area contributed by atoms with Crippen LogP contribution in [0.4, 0.5) is 23.7 Å². The zero-order chi connectivity index (χ0) is 13.7. The third-order valence-corrected chi connectivity index (χ3v) is 2.27. The van der Waals surface area contributed by atoms with Gasteiger partial charge in [-0.2, -0.15) is 0 Å². The lowest BCUT2D eigenvalue weighted by Gasteiger charge is -2.20. The minimum absolute atomic E-state index is 0.0918. The van der Waals surface area contributed by atoms with Crippen LogP contribution < -0.4 is 5.32 Å². The van der Waals surface area contributed by atoms with E-state index in [4.69, 9.17) is 5.11 Å².